The predicted molar refractivity (Wildman–Crippen MR) is 70.6 cm³/mol. The third-order valence-corrected chi connectivity index (χ3v) is 3.26. The maximum absolute atomic E-state index is 12.9. The smallest absolute Gasteiger partial charge is 0.375 e. The van der Waals surface area contributed by atoms with Crippen molar-refractivity contribution in [3.8, 4) is 0 Å². The zero-order valence-corrected chi connectivity index (χ0v) is 11.4. The number of amides is 1. The van der Waals surface area contributed by atoms with Crippen molar-refractivity contribution in [1.29, 1.82) is 0 Å². The van der Waals surface area contributed by atoms with E-state index in [0.717, 1.165) is 12.1 Å². The van der Waals surface area contributed by atoms with E-state index in [2.05, 4.69) is 0 Å². The molecule has 1 saturated heterocycles. The van der Waals surface area contributed by atoms with Crippen LogP contribution in [0, 0.1) is 0 Å². The second-order valence-electron chi connectivity index (χ2n) is 4.84. The normalized spacial score (nSPS) is 19.5. The first-order chi connectivity index (χ1) is 9.82. The number of nitrogens with one attached hydrogen (secondary N) is 1. The van der Waals surface area contributed by atoms with Gasteiger partial charge in [-0.1, -0.05) is 0 Å². The molecule has 0 aromatic heterocycles. The van der Waals surface area contributed by atoms with Crippen LogP contribution < -0.4 is 11.3 Å². The minimum Gasteiger partial charge on any atom is -0.375 e. The molecule has 1 fully saturated rings. The van der Waals surface area contributed by atoms with Gasteiger partial charge in [-0.05, 0) is 25.1 Å². The Balaban J connectivity index is 2.29. The Morgan fingerprint density at radius 3 is 2.76 bits per heavy atom. The second-order valence-corrected chi connectivity index (χ2v) is 4.84. The van der Waals surface area contributed by atoms with Crippen LogP contribution in [0.15, 0.2) is 18.2 Å². The van der Waals surface area contributed by atoms with Crippen LogP contribution in [0.25, 0.3) is 0 Å². The fourth-order valence-electron chi connectivity index (χ4n) is 2.22. The summed E-state index contributed by atoms with van der Waals surface area (Å²) in [4.78, 5) is 13.8. The molecule has 5 nitrogen and oxygen atoms in total. The van der Waals surface area contributed by atoms with E-state index in [9.17, 15) is 18.0 Å². The van der Waals surface area contributed by atoms with Crippen LogP contribution in [-0.4, -0.2) is 36.6 Å². The quantitative estimate of drug-likeness (QED) is 0.646. The minimum absolute atomic E-state index is 0.0181. The molecular formula is C13H16F3N3O2. The van der Waals surface area contributed by atoms with Gasteiger partial charge in [-0.15, -0.1) is 0 Å². The van der Waals surface area contributed by atoms with Crippen LogP contribution in [-0.2, 0) is 10.9 Å². The van der Waals surface area contributed by atoms with E-state index < -0.39 is 17.6 Å². The molecule has 1 aliphatic rings. The molecule has 1 aromatic carbocycles. The molecule has 116 valence electrons. The molecule has 3 N–H and O–H groups in total. The summed E-state index contributed by atoms with van der Waals surface area (Å²) in [7, 11) is 0. The Hall–Kier alpha value is -1.80. The first-order valence-corrected chi connectivity index (χ1v) is 6.41. The van der Waals surface area contributed by atoms with E-state index in [-0.39, 0.29) is 17.4 Å². The van der Waals surface area contributed by atoms with Crippen molar-refractivity contribution in [1.82, 2.24) is 4.90 Å². The molecule has 2 rings (SSSR count). The molecule has 1 heterocycles. The average Bonchev–Trinajstić information content (AvgIpc) is 2.45. The molecule has 1 aromatic rings. The summed E-state index contributed by atoms with van der Waals surface area (Å²) in [6.07, 6.45) is -4.72. The fourth-order valence-corrected chi connectivity index (χ4v) is 2.22. The lowest BCUT2D eigenvalue weighted by molar-refractivity contribution is -0.137. The van der Waals surface area contributed by atoms with Gasteiger partial charge in [0.25, 0.3) is 5.91 Å². The number of nitrogens with two attached hydrogens (primary N) is 1. The fraction of sp³-hybridized carbons (Fsp3) is 0.462. The number of carbonyl (C=O) groups excluding carboxylic acids is 1. The van der Waals surface area contributed by atoms with Crippen LogP contribution in [0.5, 0.6) is 0 Å². The zero-order chi connectivity index (χ0) is 15.6. The van der Waals surface area contributed by atoms with E-state index in [1.807, 2.05) is 12.3 Å². The highest BCUT2D eigenvalue weighted by Crippen LogP contribution is 2.35. The number of halogens is 3. The number of carbonyl (C=O) groups is 1. The molecule has 0 spiro atoms. The van der Waals surface area contributed by atoms with E-state index in [4.69, 9.17) is 10.6 Å². The average molecular weight is 303 g/mol. The molecule has 8 heteroatoms. The highest BCUT2D eigenvalue weighted by molar-refractivity contribution is 5.95. The van der Waals surface area contributed by atoms with Crippen molar-refractivity contribution in [3.63, 3.8) is 0 Å². The maximum Gasteiger partial charge on any atom is 0.418 e. The molecule has 0 saturated carbocycles. The summed E-state index contributed by atoms with van der Waals surface area (Å²) in [5, 5.41) is 0. The number of anilines is 1. The molecule has 1 atom stereocenters. The predicted octanol–water partition coefficient (Wildman–Crippen LogP) is 1.85. The van der Waals surface area contributed by atoms with E-state index in [0.29, 0.717) is 19.7 Å². The Labute approximate surface area is 119 Å². The van der Waals surface area contributed by atoms with Crippen molar-refractivity contribution in [2.45, 2.75) is 19.2 Å². The summed E-state index contributed by atoms with van der Waals surface area (Å²) >= 11 is 0. The number of hydrazine groups is 1. The van der Waals surface area contributed by atoms with Crippen molar-refractivity contribution in [2.24, 2.45) is 5.84 Å². The Morgan fingerprint density at radius 1 is 1.48 bits per heavy atom. The number of rotatable bonds is 2. The number of nitrogen functional groups attached to an aromatic ring is 1. The Morgan fingerprint density at radius 2 is 2.19 bits per heavy atom. The summed E-state index contributed by atoms with van der Waals surface area (Å²) in [5.74, 6) is 4.63. The van der Waals surface area contributed by atoms with Crippen molar-refractivity contribution in [3.05, 3.63) is 29.3 Å². The Kier molecular flexibility index (Phi) is 4.38. The minimum atomic E-state index is -4.59. The number of morpholine rings is 1. The number of alkyl halides is 3. The summed E-state index contributed by atoms with van der Waals surface area (Å²) in [6, 6.07) is 3.30. The standard InChI is InChI=1S/C13H16F3N3O2/c1-8-7-19(4-5-21-8)12(20)9-2-3-11(18-17)10(6-9)13(14,15)16/h2-3,6,8,18H,4-5,7,17H2,1H3. The van der Waals surface area contributed by atoms with Crippen molar-refractivity contribution < 1.29 is 22.7 Å². The molecular weight excluding hydrogens is 287 g/mol. The van der Waals surface area contributed by atoms with E-state index in [1.165, 1.54) is 11.0 Å². The summed E-state index contributed by atoms with van der Waals surface area (Å²) in [5.41, 5.74) is 0.742. The summed E-state index contributed by atoms with van der Waals surface area (Å²) in [6.45, 7) is 2.90. The lowest BCUT2D eigenvalue weighted by Crippen LogP contribution is -2.44. The van der Waals surface area contributed by atoms with E-state index >= 15 is 0 Å². The highest BCUT2D eigenvalue weighted by Gasteiger charge is 2.34. The van der Waals surface area contributed by atoms with Gasteiger partial charge in [-0.3, -0.25) is 10.6 Å². The third-order valence-electron chi connectivity index (χ3n) is 3.26. The largest absolute Gasteiger partial charge is 0.418 e. The lowest BCUT2D eigenvalue weighted by atomic mass is 10.1. The molecule has 0 aliphatic carbocycles. The first kappa shape index (κ1) is 15.6. The van der Waals surface area contributed by atoms with Crippen LogP contribution in [0.2, 0.25) is 0 Å². The third kappa shape index (κ3) is 3.45. The number of benzene rings is 1. The van der Waals surface area contributed by atoms with Crippen LogP contribution in [0.4, 0.5) is 18.9 Å². The molecule has 21 heavy (non-hydrogen) atoms. The van der Waals surface area contributed by atoms with E-state index in [1.54, 1.807) is 0 Å². The molecule has 1 unspecified atom stereocenters. The molecule has 1 aliphatic heterocycles. The zero-order valence-electron chi connectivity index (χ0n) is 11.4. The van der Waals surface area contributed by atoms with Gasteiger partial charge in [-0.2, -0.15) is 13.2 Å². The molecule has 0 radical (unpaired) electrons. The van der Waals surface area contributed by atoms with Gasteiger partial charge < -0.3 is 15.1 Å². The van der Waals surface area contributed by atoms with Crippen molar-refractivity contribution >= 4 is 11.6 Å². The van der Waals surface area contributed by atoms with Gasteiger partial charge in [0.1, 0.15) is 0 Å². The van der Waals surface area contributed by atoms with Crippen LogP contribution in [0.1, 0.15) is 22.8 Å². The van der Waals surface area contributed by atoms with Gasteiger partial charge in [-0.25, -0.2) is 0 Å². The second kappa shape index (κ2) is 5.90. The van der Waals surface area contributed by atoms with Gasteiger partial charge in [0.15, 0.2) is 0 Å². The molecule has 0 bridgehead atoms. The maximum atomic E-state index is 12.9. The number of hydrogen-bond donors (Lipinski definition) is 2. The topological polar surface area (TPSA) is 67.6 Å². The Bertz CT molecular complexity index is 534. The van der Waals surface area contributed by atoms with Crippen LogP contribution >= 0.6 is 0 Å². The van der Waals surface area contributed by atoms with Gasteiger partial charge in [0.2, 0.25) is 0 Å². The monoisotopic (exact) mass is 303 g/mol. The molecule has 1 amide bonds. The first-order valence-electron chi connectivity index (χ1n) is 6.41. The van der Waals surface area contributed by atoms with Gasteiger partial charge in [0, 0.05) is 18.7 Å². The van der Waals surface area contributed by atoms with Gasteiger partial charge in [0.05, 0.1) is 24.0 Å². The number of hydrogen-bond acceptors (Lipinski definition) is 4. The van der Waals surface area contributed by atoms with Gasteiger partial charge >= 0.3 is 6.18 Å². The summed E-state index contributed by atoms with van der Waals surface area (Å²) < 4.78 is 44.1. The number of ether oxygens (including phenoxy) is 1. The lowest BCUT2D eigenvalue weighted by Gasteiger charge is -2.31. The van der Waals surface area contributed by atoms with Crippen LogP contribution in [0.3, 0.4) is 0 Å². The highest BCUT2D eigenvalue weighted by atomic mass is 19.4. The SMILES string of the molecule is CC1CN(C(=O)c2ccc(NN)c(C(F)(F)F)c2)CCO1. The van der Waals surface area contributed by atoms with Crippen molar-refractivity contribution in [2.75, 3.05) is 25.1 Å². The number of nitrogens with zero attached hydrogens (tertiary/aromatic N) is 1.